The standard InChI is InChI=1S/C10H9BrN2O3S/c11-7-3-1-2-4-8(7)16-6-10-13-5-9(12)17(10,14)15/h1-5H,6,12H2. The van der Waals surface area contributed by atoms with Crippen molar-refractivity contribution in [2.45, 2.75) is 0 Å². The van der Waals surface area contributed by atoms with Crippen molar-refractivity contribution in [2.24, 2.45) is 10.7 Å². The second-order valence-corrected chi connectivity index (χ2v) is 6.08. The number of hydrogen-bond donors (Lipinski definition) is 1. The highest BCUT2D eigenvalue weighted by molar-refractivity contribution is 9.10. The summed E-state index contributed by atoms with van der Waals surface area (Å²) in [7, 11) is -3.60. The van der Waals surface area contributed by atoms with E-state index in [0.29, 0.717) is 5.75 Å². The van der Waals surface area contributed by atoms with E-state index >= 15 is 0 Å². The van der Waals surface area contributed by atoms with E-state index in [0.717, 1.165) is 10.7 Å². The Morgan fingerprint density at radius 2 is 2.06 bits per heavy atom. The van der Waals surface area contributed by atoms with E-state index in [1.165, 1.54) is 0 Å². The third-order valence-electron chi connectivity index (χ3n) is 2.14. The fourth-order valence-corrected chi connectivity index (χ4v) is 2.49. The van der Waals surface area contributed by atoms with Gasteiger partial charge in [-0.25, -0.2) is 13.4 Å². The molecule has 0 amide bonds. The number of aliphatic imine (C=N–C) groups is 1. The number of nitrogens with zero attached hydrogens (tertiary/aromatic N) is 1. The van der Waals surface area contributed by atoms with Crippen molar-refractivity contribution in [1.29, 1.82) is 0 Å². The molecule has 1 aliphatic rings. The summed E-state index contributed by atoms with van der Waals surface area (Å²) in [4.78, 5) is 3.72. The van der Waals surface area contributed by atoms with Gasteiger partial charge in [0.15, 0.2) is 10.1 Å². The molecule has 0 unspecified atom stereocenters. The molecule has 1 aromatic rings. The van der Waals surface area contributed by atoms with Gasteiger partial charge in [0, 0.05) is 0 Å². The van der Waals surface area contributed by atoms with Crippen molar-refractivity contribution in [3.05, 3.63) is 40.0 Å². The summed E-state index contributed by atoms with van der Waals surface area (Å²) >= 11 is 3.29. The minimum absolute atomic E-state index is 0.0780. The molecular weight excluding hydrogens is 308 g/mol. The quantitative estimate of drug-likeness (QED) is 0.914. The predicted molar refractivity (Wildman–Crippen MR) is 68.3 cm³/mol. The number of ether oxygens (including phenoxy) is 1. The summed E-state index contributed by atoms with van der Waals surface area (Å²) in [6.07, 6.45) is 1.12. The first-order chi connectivity index (χ1) is 8.01. The van der Waals surface area contributed by atoms with Gasteiger partial charge in [0.05, 0.1) is 10.7 Å². The highest BCUT2D eigenvalue weighted by atomic mass is 79.9. The van der Waals surface area contributed by atoms with Gasteiger partial charge in [-0.15, -0.1) is 0 Å². The number of para-hydroxylation sites is 1. The minimum atomic E-state index is -3.60. The molecule has 90 valence electrons. The van der Waals surface area contributed by atoms with Gasteiger partial charge in [-0.3, -0.25) is 0 Å². The molecule has 0 spiro atoms. The Morgan fingerprint density at radius 1 is 1.35 bits per heavy atom. The Hall–Kier alpha value is -1.34. The van der Waals surface area contributed by atoms with Crippen LogP contribution >= 0.6 is 15.9 Å². The molecule has 0 aromatic heterocycles. The van der Waals surface area contributed by atoms with Crippen LogP contribution in [0.15, 0.2) is 45.0 Å². The SMILES string of the molecule is NC1=CN=C(COc2ccccc2Br)S1(=O)=O. The van der Waals surface area contributed by atoms with Crippen LogP contribution in [0, 0.1) is 0 Å². The molecule has 7 heteroatoms. The van der Waals surface area contributed by atoms with E-state index < -0.39 is 9.84 Å². The van der Waals surface area contributed by atoms with E-state index in [1.807, 2.05) is 6.07 Å². The van der Waals surface area contributed by atoms with Gasteiger partial charge in [0.2, 0.25) is 9.84 Å². The number of rotatable bonds is 3. The van der Waals surface area contributed by atoms with E-state index in [4.69, 9.17) is 10.5 Å². The monoisotopic (exact) mass is 316 g/mol. The average Bonchev–Trinajstić information content (AvgIpc) is 2.54. The number of benzene rings is 1. The van der Waals surface area contributed by atoms with Crippen molar-refractivity contribution in [3.63, 3.8) is 0 Å². The molecule has 0 radical (unpaired) electrons. The molecule has 5 nitrogen and oxygen atoms in total. The fraction of sp³-hybridized carbons (Fsp3) is 0.100. The second-order valence-electron chi connectivity index (χ2n) is 3.28. The topological polar surface area (TPSA) is 81.8 Å². The molecule has 2 rings (SSSR count). The predicted octanol–water partition coefficient (Wildman–Crippen LogP) is 1.41. The Kier molecular flexibility index (Phi) is 3.21. The van der Waals surface area contributed by atoms with Crippen molar-refractivity contribution >= 4 is 30.8 Å². The number of sulfone groups is 1. The zero-order chi connectivity index (χ0) is 12.5. The van der Waals surface area contributed by atoms with Gasteiger partial charge in [0.25, 0.3) is 0 Å². The Balaban J connectivity index is 2.10. The van der Waals surface area contributed by atoms with Crippen molar-refractivity contribution in [2.75, 3.05) is 6.61 Å². The lowest BCUT2D eigenvalue weighted by Gasteiger charge is -2.07. The summed E-state index contributed by atoms with van der Waals surface area (Å²) in [5.41, 5.74) is 5.30. The molecule has 1 heterocycles. The van der Waals surface area contributed by atoms with Crippen LogP contribution in [0.2, 0.25) is 0 Å². The van der Waals surface area contributed by atoms with Crippen LogP contribution in [0.1, 0.15) is 0 Å². The zero-order valence-electron chi connectivity index (χ0n) is 8.63. The van der Waals surface area contributed by atoms with Crippen LogP contribution in [-0.4, -0.2) is 20.1 Å². The first kappa shape index (κ1) is 12.1. The van der Waals surface area contributed by atoms with E-state index in [-0.39, 0.29) is 16.7 Å². The normalized spacial score (nSPS) is 17.5. The molecule has 0 saturated carbocycles. The lowest BCUT2D eigenvalue weighted by molar-refractivity contribution is 0.376. The number of hydrogen-bond acceptors (Lipinski definition) is 5. The van der Waals surface area contributed by atoms with E-state index in [2.05, 4.69) is 20.9 Å². The second kappa shape index (κ2) is 4.50. The van der Waals surface area contributed by atoms with Crippen molar-refractivity contribution in [3.8, 4) is 5.75 Å². The highest BCUT2D eigenvalue weighted by Crippen LogP contribution is 2.24. The molecule has 17 heavy (non-hydrogen) atoms. The van der Waals surface area contributed by atoms with Gasteiger partial charge in [-0.05, 0) is 28.1 Å². The molecule has 2 N–H and O–H groups in total. The highest BCUT2D eigenvalue weighted by Gasteiger charge is 2.27. The van der Waals surface area contributed by atoms with Crippen LogP contribution in [0.3, 0.4) is 0 Å². The molecule has 0 fully saturated rings. The van der Waals surface area contributed by atoms with Crippen LogP contribution < -0.4 is 10.5 Å². The van der Waals surface area contributed by atoms with E-state index in [9.17, 15) is 8.42 Å². The summed E-state index contributed by atoms with van der Waals surface area (Å²) in [5, 5.41) is -0.325. The maximum Gasteiger partial charge on any atom is 0.239 e. The van der Waals surface area contributed by atoms with Gasteiger partial charge in [-0.2, -0.15) is 0 Å². The number of halogens is 1. The molecule has 0 atom stereocenters. The van der Waals surface area contributed by atoms with Gasteiger partial charge < -0.3 is 10.5 Å². The Morgan fingerprint density at radius 3 is 2.65 bits per heavy atom. The van der Waals surface area contributed by atoms with Crippen molar-refractivity contribution in [1.82, 2.24) is 0 Å². The maximum atomic E-state index is 11.6. The molecule has 0 bridgehead atoms. The van der Waals surface area contributed by atoms with Gasteiger partial charge in [-0.1, -0.05) is 12.1 Å². The third-order valence-corrected chi connectivity index (χ3v) is 4.37. The zero-order valence-corrected chi connectivity index (χ0v) is 11.0. The van der Waals surface area contributed by atoms with E-state index in [1.54, 1.807) is 18.2 Å². The Bertz CT molecular complexity index is 608. The summed E-state index contributed by atoms with van der Waals surface area (Å²) in [6.45, 7) is -0.137. The molecule has 1 aliphatic heterocycles. The van der Waals surface area contributed by atoms with Crippen LogP contribution in [0.4, 0.5) is 0 Å². The molecular formula is C10H9BrN2O3S. The largest absolute Gasteiger partial charge is 0.485 e. The number of nitrogens with two attached hydrogens (primary N) is 1. The van der Waals surface area contributed by atoms with Crippen molar-refractivity contribution < 1.29 is 13.2 Å². The maximum absolute atomic E-state index is 11.6. The summed E-state index contributed by atoms with van der Waals surface area (Å²) in [6, 6.07) is 7.15. The Labute approximate surface area is 107 Å². The first-order valence-corrected chi connectivity index (χ1v) is 6.94. The summed E-state index contributed by atoms with van der Waals surface area (Å²) in [5.74, 6) is 0.552. The molecule has 1 aromatic carbocycles. The lowest BCUT2D eigenvalue weighted by Crippen LogP contribution is -2.23. The van der Waals surface area contributed by atoms with Crippen LogP contribution in [-0.2, 0) is 9.84 Å². The van der Waals surface area contributed by atoms with Crippen LogP contribution in [0.5, 0.6) is 5.75 Å². The van der Waals surface area contributed by atoms with Gasteiger partial charge in [0.1, 0.15) is 12.4 Å². The van der Waals surface area contributed by atoms with Gasteiger partial charge >= 0.3 is 0 Å². The summed E-state index contributed by atoms with van der Waals surface area (Å²) < 4.78 is 29.3. The average molecular weight is 317 g/mol. The third kappa shape index (κ3) is 2.34. The van der Waals surface area contributed by atoms with Crippen LogP contribution in [0.25, 0.3) is 0 Å². The minimum Gasteiger partial charge on any atom is -0.485 e. The molecule has 0 aliphatic carbocycles. The molecule has 0 saturated heterocycles. The smallest absolute Gasteiger partial charge is 0.239 e. The fourth-order valence-electron chi connectivity index (χ4n) is 1.23. The first-order valence-electron chi connectivity index (χ1n) is 4.66. The lowest BCUT2D eigenvalue weighted by atomic mass is 10.3.